The molecule has 1 heterocycles. The van der Waals surface area contributed by atoms with Crippen LogP contribution in [0.5, 0.6) is 11.5 Å². The van der Waals surface area contributed by atoms with E-state index in [1.807, 2.05) is 72.1 Å². The summed E-state index contributed by atoms with van der Waals surface area (Å²) in [6.45, 7) is 0.285. The lowest BCUT2D eigenvalue weighted by atomic mass is 10.2. The van der Waals surface area contributed by atoms with Crippen LogP contribution in [0.3, 0.4) is 0 Å². The first-order chi connectivity index (χ1) is 17.0. The molecule has 3 aromatic rings. The molecule has 1 fully saturated rings. The molecule has 0 saturated carbocycles. The lowest BCUT2D eigenvalue weighted by Gasteiger charge is -2.11. The maximum atomic E-state index is 12.1. The summed E-state index contributed by atoms with van der Waals surface area (Å²) in [5, 5.41) is 4.71. The first-order valence-electron chi connectivity index (χ1n) is 10.6. The molecule has 35 heavy (non-hydrogen) atoms. The first-order valence-corrected chi connectivity index (χ1v) is 14.7. The molecule has 5 nitrogen and oxygen atoms in total. The van der Waals surface area contributed by atoms with Crippen LogP contribution >= 0.6 is 67.0 Å². The van der Waals surface area contributed by atoms with Gasteiger partial charge in [0.25, 0.3) is 5.91 Å². The minimum atomic E-state index is -0.340. The Hall–Kier alpha value is -1.65. The zero-order valence-electron chi connectivity index (χ0n) is 18.4. The lowest BCUT2D eigenvalue weighted by molar-refractivity contribution is -0.123. The zero-order valence-corrected chi connectivity index (χ0v) is 23.9. The van der Waals surface area contributed by atoms with Crippen LogP contribution in [-0.4, -0.2) is 30.2 Å². The van der Waals surface area contributed by atoms with Gasteiger partial charge in [-0.2, -0.15) is 5.10 Å². The Morgan fingerprint density at radius 3 is 2.34 bits per heavy atom. The van der Waals surface area contributed by atoms with Gasteiger partial charge in [-0.05, 0) is 84.9 Å². The Morgan fingerprint density at radius 1 is 1.03 bits per heavy atom. The van der Waals surface area contributed by atoms with E-state index < -0.39 is 0 Å². The molecular weight excluding hydrogens is 636 g/mol. The Morgan fingerprint density at radius 2 is 1.69 bits per heavy atom. The molecule has 1 saturated heterocycles. The summed E-state index contributed by atoms with van der Waals surface area (Å²) in [6, 6.07) is 19.1. The molecule has 182 valence electrons. The van der Waals surface area contributed by atoms with Gasteiger partial charge in [0.2, 0.25) is 0 Å². The highest BCUT2D eigenvalue weighted by molar-refractivity contribution is 9.11. The van der Waals surface area contributed by atoms with Gasteiger partial charge in [0, 0.05) is 16.5 Å². The topological polar surface area (TPSA) is 59.9 Å². The number of benzene rings is 3. The van der Waals surface area contributed by atoms with E-state index in [4.69, 9.17) is 21.1 Å². The third-order valence-corrected chi connectivity index (χ3v) is 9.40. The van der Waals surface area contributed by atoms with Gasteiger partial charge in [-0.15, -0.1) is 23.5 Å². The van der Waals surface area contributed by atoms with E-state index in [2.05, 4.69) is 54.5 Å². The number of hydrogen-bond donors (Lipinski definition) is 1. The summed E-state index contributed by atoms with van der Waals surface area (Å²) in [4.78, 5) is 12.1. The molecule has 0 aliphatic carbocycles. The van der Waals surface area contributed by atoms with Gasteiger partial charge in [0.1, 0.15) is 18.1 Å². The monoisotopic (exact) mass is 654 g/mol. The molecule has 0 bridgehead atoms. The summed E-state index contributed by atoms with van der Waals surface area (Å²) >= 11 is 16.9. The van der Waals surface area contributed by atoms with Crippen LogP contribution in [0, 0.1) is 0 Å². The fraction of sp³-hybridized carbons (Fsp3) is 0.200. The zero-order chi connectivity index (χ0) is 24.6. The van der Waals surface area contributed by atoms with Crippen LogP contribution in [0.2, 0.25) is 5.02 Å². The number of hydrazone groups is 1. The van der Waals surface area contributed by atoms with E-state index >= 15 is 0 Å². The predicted octanol–water partition coefficient (Wildman–Crippen LogP) is 7.45. The summed E-state index contributed by atoms with van der Waals surface area (Å²) in [6.07, 6.45) is 1.56. The van der Waals surface area contributed by atoms with Gasteiger partial charge < -0.3 is 9.47 Å². The van der Waals surface area contributed by atoms with Crippen molar-refractivity contribution in [2.45, 2.75) is 11.2 Å². The normalized spacial score (nSPS) is 13.8. The number of amides is 1. The van der Waals surface area contributed by atoms with Crippen molar-refractivity contribution in [2.75, 3.05) is 18.1 Å². The summed E-state index contributed by atoms with van der Waals surface area (Å²) in [5.74, 6) is 3.36. The smallest absolute Gasteiger partial charge is 0.277 e. The molecule has 3 aromatic carbocycles. The highest BCUT2D eigenvalue weighted by atomic mass is 79.9. The van der Waals surface area contributed by atoms with E-state index in [-0.39, 0.29) is 12.5 Å². The Labute approximate surface area is 234 Å². The second-order valence-electron chi connectivity index (χ2n) is 7.45. The molecule has 1 amide bonds. The van der Waals surface area contributed by atoms with Crippen molar-refractivity contribution >= 4 is 79.1 Å². The second kappa shape index (κ2) is 13.1. The molecular formula is C25H21Br2ClN2O3S2. The molecule has 4 rings (SSSR count). The average Bonchev–Trinajstić information content (AvgIpc) is 3.39. The van der Waals surface area contributed by atoms with Crippen molar-refractivity contribution in [3.63, 3.8) is 0 Å². The predicted molar refractivity (Wildman–Crippen MR) is 153 cm³/mol. The number of rotatable bonds is 9. The number of halogens is 3. The van der Waals surface area contributed by atoms with Gasteiger partial charge in [-0.3, -0.25) is 4.79 Å². The van der Waals surface area contributed by atoms with Crippen LogP contribution in [0.1, 0.15) is 21.3 Å². The fourth-order valence-corrected chi connectivity index (χ4v) is 7.60. The average molecular weight is 657 g/mol. The van der Waals surface area contributed by atoms with Gasteiger partial charge in [-0.25, -0.2) is 5.43 Å². The summed E-state index contributed by atoms with van der Waals surface area (Å²) in [5.41, 5.74) is 5.55. The minimum Gasteiger partial charge on any atom is -0.487 e. The van der Waals surface area contributed by atoms with Gasteiger partial charge >= 0.3 is 0 Å². The Bertz CT molecular complexity index is 1170. The van der Waals surface area contributed by atoms with Crippen molar-refractivity contribution in [1.82, 2.24) is 5.43 Å². The highest BCUT2D eigenvalue weighted by Crippen LogP contribution is 2.45. The molecule has 1 aliphatic heterocycles. The maximum absolute atomic E-state index is 12.1. The number of carbonyl (C=O) groups is 1. The number of nitrogens with one attached hydrogen (secondary N) is 1. The molecule has 0 spiro atoms. The van der Waals surface area contributed by atoms with Gasteiger partial charge in [0.15, 0.2) is 6.61 Å². The molecule has 1 aliphatic rings. The molecule has 0 atom stereocenters. The van der Waals surface area contributed by atoms with Crippen molar-refractivity contribution in [1.29, 1.82) is 0 Å². The standard InChI is InChI=1S/C25H21Br2ClN2O3S2/c26-21-11-17(12-22(27)24(21)33-14-16-1-5-19(28)6-2-16)13-29-30-23(31)15-32-20-7-3-18(4-8-20)25-34-9-10-35-25/h1-8,11-13,25H,9-10,14-15H2,(H,30,31)/b29-13-. The molecule has 0 radical (unpaired) electrons. The quantitative estimate of drug-likeness (QED) is 0.192. The third-order valence-electron chi connectivity index (χ3n) is 4.86. The van der Waals surface area contributed by atoms with E-state index in [0.29, 0.717) is 27.7 Å². The largest absolute Gasteiger partial charge is 0.487 e. The van der Waals surface area contributed by atoms with Crippen LogP contribution in [0.4, 0.5) is 0 Å². The van der Waals surface area contributed by atoms with Gasteiger partial charge in [0.05, 0.1) is 19.7 Å². The molecule has 0 unspecified atom stereocenters. The number of ether oxygens (including phenoxy) is 2. The SMILES string of the molecule is O=C(COc1ccc(C2SCCS2)cc1)N/N=C\c1cc(Br)c(OCc2ccc(Cl)cc2)c(Br)c1. The number of hydrogen-bond acceptors (Lipinski definition) is 6. The van der Waals surface area contributed by atoms with Crippen LogP contribution in [-0.2, 0) is 11.4 Å². The highest BCUT2D eigenvalue weighted by Gasteiger charge is 2.18. The fourth-order valence-electron chi connectivity index (χ4n) is 3.16. The van der Waals surface area contributed by atoms with E-state index in [1.54, 1.807) is 6.21 Å². The van der Waals surface area contributed by atoms with Crippen molar-refractivity contribution in [3.8, 4) is 11.5 Å². The Kier molecular flexibility index (Phi) is 9.85. The first kappa shape index (κ1) is 26.4. The molecule has 10 heteroatoms. The molecule has 0 aromatic heterocycles. The van der Waals surface area contributed by atoms with Crippen LogP contribution in [0.25, 0.3) is 0 Å². The third kappa shape index (κ3) is 7.92. The molecule has 1 N–H and O–H groups in total. The van der Waals surface area contributed by atoms with Crippen molar-refractivity contribution in [2.24, 2.45) is 5.10 Å². The number of carbonyl (C=O) groups excluding carboxylic acids is 1. The minimum absolute atomic E-state index is 0.117. The van der Waals surface area contributed by atoms with E-state index in [0.717, 1.165) is 20.1 Å². The summed E-state index contributed by atoms with van der Waals surface area (Å²) < 4.78 is 13.5. The maximum Gasteiger partial charge on any atom is 0.277 e. The van der Waals surface area contributed by atoms with E-state index in [9.17, 15) is 4.79 Å². The van der Waals surface area contributed by atoms with Gasteiger partial charge in [-0.1, -0.05) is 35.9 Å². The van der Waals surface area contributed by atoms with Crippen LogP contribution in [0.15, 0.2) is 74.7 Å². The number of nitrogens with zero attached hydrogens (tertiary/aromatic N) is 1. The summed E-state index contributed by atoms with van der Waals surface area (Å²) in [7, 11) is 0. The van der Waals surface area contributed by atoms with Crippen LogP contribution < -0.4 is 14.9 Å². The second-order valence-corrected chi connectivity index (χ2v) is 12.3. The Balaban J connectivity index is 1.25. The van der Waals surface area contributed by atoms with Crippen molar-refractivity contribution in [3.05, 3.63) is 91.3 Å². The van der Waals surface area contributed by atoms with E-state index in [1.165, 1.54) is 17.1 Å². The van der Waals surface area contributed by atoms with Crippen molar-refractivity contribution < 1.29 is 14.3 Å². The number of thioether (sulfide) groups is 2. The lowest BCUT2D eigenvalue weighted by Crippen LogP contribution is -2.24.